The van der Waals surface area contributed by atoms with Gasteiger partial charge in [-0.3, -0.25) is 0 Å². The molecule has 0 radical (unpaired) electrons. The lowest BCUT2D eigenvalue weighted by atomic mass is 9.86. The summed E-state index contributed by atoms with van der Waals surface area (Å²) in [5.41, 5.74) is 0. The van der Waals surface area contributed by atoms with Gasteiger partial charge in [0.1, 0.15) is 12.2 Å². The minimum atomic E-state index is 0.327. The highest BCUT2D eigenvalue weighted by Crippen LogP contribution is 2.30. The maximum absolute atomic E-state index is 6.40. The standard InChI is InChI=1S/C13H22ClN3/c1-10(2)8-17-13(15-9-16-17)7-11-5-3-4-6-12(11)14/h9-12H,3-8H2,1-2H3. The molecule has 0 bridgehead atoms. The Morgan fingerprint density at radius 1 is 1.41 bits per heavy atom. The van der Waals surface area contributed by atoms with E-state index in [0.717, 1.165) is 25.2 Å². The summed E-state index contributed by atoms with van der Waals surface area (Å²) in [6, 6.07) is 0. The summed E-state index contributed by atoms with van der Waals surface area (Å²) in [4.78, 5) is 4.39. The Hall–Kier alpha value is -0.570. The molecule has 1 aromatic rings. The maximum Gasteiger partial charge on any atom is 0.138 e. The molecule has 1 aliphatic carbocycles. The number of rotatable bonds is 4. The molecule has 0 aromatic carbocycles. The first-order valence-electron chi connectivity index (χ1n) is 6.67. The molecule has 96 valence electrons. The van der Waals surface area contributed by atoms with E-state index in [1.54, 1.807) is 6.33 Å². The van der Waals surface area contributed by atoms with E-state index in [4.69, 9.17) is 11.6 Å². The zero-order valence-electron chi connectivity index (χ0n) is 10.8. The van der Waals surface area contributed by atoms with Gasteiger partial charge in [0.2, 0.25) is 0 Å². The summed E-state index contributed by atoms with van der Waals surface area (Å²) in [5, 5.41) is 4.64. The van der Waals surface area contributed by atoms with Crippen molar-refractivity contribution < 1.29 is 0 Å². The first-order valence-corrected chi connectivity index (χ1v) is 7.11. The third kappa shape index (κ3) is 3.44. The fourth-order valence-electron chi connectivity index (χ4n) is 2.57. The van der Waals surface area contributed by atoms with Crippen LogP contribution in [0, 0.1) is 11.8 Å². The largest absolute Gasteiger partial charge is 0.250 e. The Morgan fingerprint density at radius 3 is 2.88 bits per heavy atom. The van der Waals surface area contributed by atoms with Gasteiger partial charge in [0.15, 0.2) is 0 Å². The van der Waals surface area contributed by atoms with Crippen molar-refractivity contribution in [2.45, 2.75) is 57.9 Å². The van der Waals surface area contributed by atoms with E-state index in [-0.39, 0.29) is 0 Å². The van der Waals surface area contributed by atoms with Crippen molar-refractivity contribution in [3.8, 4) is 0 Å². The predicted octanol–water partition coefficient (Wildman–Crippen LogP) is 3.27. The summed E-state index contributed by atoms with van der Waals surface area (Å²) >= 11 is 6.40. The first kappa shape index (κ1) is 12.9. The van der Waals surface area contributed by atoms with Crippen LogP contribution in [-0.4, -0.2) is 20.1 Å². The zero-order valence-corrected chi connectivity index (χ0v) is 11.5. The topological polar surface area (TPSA) is 30.7 Å². The van der Waals surface area contributed by atoms with Gasteiger partial charge in [0.05, 0.1) is 0 Å². The molecule has 0 N–H and O–H groups in total. The van der Waals surface area contributed by atoms with Gasteiger partial charge in [-0.1, -0.05) is 26.7 Å². The minimum absolute atomic E-state index is 0.327. The summed E-state index contributed by atoms with van der Waals surface area (Å²) < 4.78 is 2.04. The molecule has 1 aliphatic rings. The molecular formula is C13H22ClN3. The smallest absolute Gasteiger partial charge is 0.138 e. The summed E-state index contributed by atoms with van der Waals surface area (Å²) in [6.07, 6.45) is 7.65. The fourth-order valence-corrected chi connectivity index (χ4v) is 2.94. The molecular weight excluding hydrogens is 234 g/mol. The van der Waals surface area contributed by atoms with Gasteiger partial charge in [-0.15, -0.1) is 11.6 Å². The second kappa shape index (κ2) is 5.85. The fraction of sp³-hybridized carbons (Fsp3) is 0.846. The maximum atomic E-state index is 6.40. The van der Waals surface area contributed by atoms with Gasteiger partial charge in [-0.2, -0.15) is 5.10 Å². The third-order valence-corrected chi connectivity index (χ3v) is 4.07. The van der Waals surface area contributed by atoms with Crippen molar-refractivity contribution in [2.24, 2.45) is 11.8 Å². The number of hydrogen-bond acceptors (Lipinski definition) is 2. The van der Waals surface area contributed by atoms with E-state index < -0.39 is 0 Å². The summed E-state index contributed by atoms with van der Waals surface area (Å²) in [6.45, 7) is 5.36. The van der Waals surface area contributed by atoms with Crippen molar-refractivity contribution in [3.05, 3.63) is 12.2 Å². The molecule has 0 spiro atoms. The molecule has 1 saturated carbocycles. The molecule has 2 rings (SSSR count). The Balaban J connectivity index is 1.99. The summed E-state index contributed by atoms with van der Waals surface area (Å²) in [7, 11) is 0. The van der Waals surface area contributed by atoms with Gasteiger partial charge >= 0.3 is 0 Å². The van der Waals surface area contributed by atoms with Gasteiger partial charge in [-0.05, 0) is 24.7 Å². The molecule has 0 saturated heterocycles. The predicted molar refractivity (Wildman–Crippen MR) is 70.2 cm³/mol. The van der Waals surface area contributed by atoms with Crippen LogP contribution in [0.25, 0.3) is 0 Å². The van der Waals surface area contributed by atoms with Crippen LogP contribution in [0.3, 0.4) is 0 Å². The molecule has 4 heteroatoms. The highest BCUT2D eigenvalue weighted by atomic mass is 35.5. The van der Waals surface area contributed by atoms with Crippen LogP contribution in [0.5, 0.6) is 0 Å². The average Bonchev–Trinajstić information content (AvgIpc) is 2.68. The highest BCUT2D eigenvalue weighted by Gasteiger charge is 2.25. The summed E-state index contributed by atoms with van der Waals surface area (Å²) in [5.74, 6) is 2.30. The molecule has 1 aromatic heterocycles. The lowest BCUT2D eigenvalue weighted by molar-refractivity contribution is 0.348. The van der Waals surface area contributed by atoms with Crippen molar-refractivity contribution in [2.75, 3.05) is 0 Å². The molecule has 3 nitrogen and oxygen atoms in total. The lowest BCUT2D eigenvalue weighted by Gasteiger charge is -2.26. The molecule has 0 amide bonds. The molecule has 2 unspecified atom stereocenters. The zero-order chi connectivity index (χ0) is 12.3. The van der Waals surface area contributed by atoms with Gasteiger partial charge in [0, 0.05) is 18.3 Å². The van der Waals surface area contributed by atoms with E-state index in [9.17, 15) is 0 Å². The molecule has 0 aliphatic heterocycles. The van der Waals surface area contributed by atoms with Crippen LogP contribution in [0.4, 0.5) is 0 Å². The van der Waals surface area contributed by atoms with Crippen LogP contribution >= 0.6 is 11.6 Å². The lowest BCUT2D eigenvalue weighted by Crippen LogP contribution is -2.24. The normalized spacial score (nSPS) is 25.4. The monoisotopic (exact) mass is 255 g/mol. The first-order chi connectivity index (χ1) is 8.16. The van der Waals surface area contributed by atoms with E-state index in [1.165, 1.54) is 19.3 Å². The number of aromatic nitrogens is 3. The average molecular weight is 256 g/mol. The number of nitrogens with zero attached hydrogens (tertiary/aromatic N) is 3. The molecule has 1 fully saturated rings. The Bertz CT molecular complexity index is 348. The van der Waals surface area contributed by atoms with Crippen LogP contribution in [-0.2, 0) is 13.0 Å². The van der Waals surface area contributed by atoms with Crippen molar-refractivity contribution in [1.82, 2.24) is 14.8 Å². The number of alkyl halides is 1. The molecule has 1 heterocycles. The Labute approximate surface area is 109 Å². The SMILES string of the molecule is CC(C)Cn1ncnc1CC1CCCCC1Cl. The van der Waals surface area contributed by atoms with Crippen molar-refractivity contribution in [1.29, 1.82) is 0 Å². The quantitative estimate of drug-likeness (QED) is 0.773. The van der Waals surface area contributed by atoms with Crippen LogP contribution < -0.4 is 0 Å². The van der Waals surface area contributed by atoms with Gasteiger partial charge < -0.3 is 0 Å². The highest BCUT2D eigenvalue weighted by molar-refractivity contribution is 6.20. The third-order valence-electron chi connectivity index (χ3n) is 3.49. The van der Waals surface area contributed by atoms with Crippen LogP contribution in [0.2, 0.25) is 0 Å². The van der Waals surface area contributed by atoms with Gasteiger partial charge in [0.25, 0.3) is 0 Å². The molecule has 17 heavy (non-hydrogen) atoms. The second-order valence-electron chi connectivity index (χ2n) is 5.52. The van der Waals surface area contributed by atoms with Crippen molar-refractivity contribution >= 4 is 11.6 Å². The van der Waals surface area contributed by atoms with Crippen molar-refractivity contribution in [3.63, 3.8) is 0 Å². The Kier molecular flexibility index (Phi) is 4.43. The van der Waals surface area contributed by atoms with Crippen LogP contribution in [0.1, 0.15) is 45.4 Å². The van der Waals surface area contributed by atoms with E-state index in [2.05, 4.69) is 23.9 Å². The number of halogens is 1. The van der Waals surface area contributed by atoms with E-state index in [1.807, 2.05) is 4.68 Å². The van der Waals surface area contributed by atoms with Crippen LogP contribution in [0.15, 0.2) is 6.33 Å². The minimum Gasteiger partial charge on any atom is -0.250 e. The van der Waals surface area contributed by atoms with Gasteiger partial charge in [-0.25, -0.2) is 9.67 Å². The number of hydrogen-bond donors (Lipinski definition) is 0. The van der Waals surface area contributed by atoms with E-state index in [0.29, 0.717) is 17.2 Å². The van der Waals surface area contributed by atoms with E-state index >= 15 is 0 Å². The Morgan fingerprint density at radius 2 is 2.18 bits per heavy atom. The molecule has 2 atom stereocenters. The second-order valence-corrected chi connectivity index (χ2v) is 6.08.